The van der Waals surface area contributed by atoms with E-state index in [9.17, 15) is 18.4 Å². The molecule has 0 aromatic heterocycles. The highest BCUT2D eigenvalue weighted by molar-refractivity contribution is 5.99. The topological polar surface area (TPSA) is 46.6 Å². The first kappa shape index (κ1) is 14.6. The maximum atomic E-state index is 14.3. The van der Waals surface area contributed by atoms with Crippen molar-refractivity contribution >= 4 is 11.9 Å². The first-order valence-electron chi connectivity index (χ1n) is 7.74. The third-order valence-corrected chi connectivity index (χ3v) is 5.30. The average Bonchev–Trinajstić information content (AvgIpc) is 3.44. The molecule has 0 radical (unpaired) electrons. The number of hydrogen-bond acceptors (Lipinski definition) is 3. The summed E-state index contributed by atoms with van der Waals surface area (Å²) >= 11 is 0. The number of nitrogens with zero attached hydrogens (tertiary/aromatic N) is 1. The van der Waals surface area contributed by atoms with Gasteiger partial charge >= 0.3 is 5.97 Å². The summed E-state index contributed by atoms with van der Waals surface area (Å²) < 4.78 is 32.3. The van der Waals surface area contributed by atoms with Crippen LogP contribution in [0.25, 0.3) is 0 Å². The second-order valence-corrected chi connectivity index (χ2v) is 6.81. The summed E-state index contributed by atoms with van der Waals surface area (Å²) in [7, 11) is 1.29. The molecule has 1 aromatic rings. The summed E-state index contributed by atoms with van der Waals surface area (Å²) in [6, 6.07) is 4.73. The highest BCUT2D eigenvalue weighted by Gasteiger charge is 2.59. The van der Waals surface area contributed by atoms with Crippen LogP contribution in [-0.2, 0) is 20.6 Å². The molecule has 2 aliphatic carbocycles. The van der Waals surface area contributed by atoms with Gasteiger partial charge < -0.3 is 9.64 Å². The number of benzene rings is 1. The molecule has 1 heterocycles. The van der Waals surface area contributed by atoms with Crippen molar-refractivity contribution in [1.82, 2.24) is 4.90 Å². The van der Waals surface area contributed by atoms with Crippen LogP contribution in [-0.4, -0.2) is 43.1 Å². The Bertz CT molecular complexity index is 716. The maximum absolute atomic E-state index is 14.3. The van der Waals surface area contributed by atoms with Crippen molar-refractivity contribution in [3.63, 3.8) is 0 Å². The Hall–Kier alpha value is -1.98. The Morgan fingerprint density at radius 1 is 1.43 bits per heavy atom. The Kier molecular flexibility index (Phi) is 2.87. The number of rotatable bonds is 3. The number of methoxy groups -OCH3 is 1. The summed E-state index contributed by atoms with van der Waals surface area (Å²) in [4.78, 5) is 25.6. The molecule has 4 nitrogen and oxygen atoms in total. The number of carbonyl (C=O) groups excluding carboxylic acids is 2. The Morgan fingerprint density at radius 2 is 2.13 bits per heavy atom. The van der Waals surface area contributed by atoms with Crippen molar-refractivity contribution in [3.05, 3.63) is 34.9 Å². The first-order valence-corrected chi connectivity index (χ1v) is 7.74. The molecule has 23 heavy (non-hydrogen) atoms. The van der Waals surface area contributed by atoms with Crippen molar-refractivity contribution < 1.29 is 23.1 Å². The molecular formula is C17H17F2NO3. The predicted octanol–water partition coefficient (Wildman–Crippen LogP) is 2.25. The van der Waals surface area contributed by atoms with Gasteiger partial charge in [0, 0.05) is 23.9 Å². The Morgan fingerprint density at radius 3 is 2.70 bits per heavy atom. The number of alkyl halides is 2. The van der Waals surface area contributed by atoms with Gasteiger partial charge in [0.05, 0.1) is 7.11 Å². The van der Waals surface area contributed by atoms with Crippen LogP contribution in [0.4, 0.5) is 8.78 Å². The number of fused-ring (bicyclic) bond motifs is 2. The van der Waals surface area contributed by atoms with E-state index in [1.807, 2.05) is 0 Å². The van der Waals surface area contributed by atoms with E-state index in [2.05, 4.69) is 4.74 Å². The normalized spacial score (nSPS) is 30.1. The second-order valence-electron chi connectivity index (χ2n) is 6.81. The van der Waals surface area contributed by atoms with E-state index in [1.165, 1.54) is 18.1 Å². The molecule has 1 aliphatic heterocycles. The molecule has 3 aliphatic rings. The summed E-state index contributed by atoms with van der Waals surface area (Å²) in [6.07, 6.45) is 0.201. The lowest BCUT2D eigenvalue weighted by molar-refractivity contribution is -0.141. The van der Waals surface area contributed by atoms with Crippen molar-refractivity contribution in [2.45, 2.75) is 36.5 Å². The minimum Gasteiger partial charge on any atom is -0.468 e. The van der Waals surface area contributed by atoms with E-state index in [0.29, 0.717) is 17.7 Å². The van der Waals surface area contributed by atoms with E-state index in [1.54, 1.807) is 12.1 Å². The average molecular weight is 321 g/mol. The van der Waals surface area contributed by atoms with Crippen LogP contribution in [0.15, 0.2) is 18.2 Å². The predicted molar refractivity (Wildman–Crippen MR) is 77.6 cm³/mol. The Balaban J connectivity index is 1.71. The van der Waals surface area contributed by atoms with Gasteiger partial charge in [-0.1, -0.05) is 12.1 Å². The summed E-state index contributed by atoms with van der Waals surface area (Å²) in [5, 5.41) is 0. The lowest BCUT2D eigenvalue weighted by Gasteiger charge is -2.34. The van der Waals surface area contributed by atoms with Gasteiger partial charge in [-0.2, -0.15) is 0 Å². The van der Waals surface area contributed by atoms with E-state index in [0.717, 1.165) is 18.4 Å². The molecule has 2 atom stereocenters. The van der Waals surface area contributed by atoms with Gasteiger partial charge in [0.15, 0.2) is 5.67 Å². The lowest BCUT2D eigenvalue weighted by atomic mass is 9.84. The molecule has 2 saturated carbocycles. The monoisotopic (exact) mass is 321 g/mol. The third-order valence-electron chi connectivity index (χ3n) is 5.30. The fourth-order valence-electron chi connectivity index (χ4n) is 3.55. The van der Waals surface area contributed by atoms with Crippen LogP contribution in [0.1, 0.15) is 40.7 Å². The van der Waals surface area contributed by atoms with Gasteiger partial charge in [-0.15, -0.1) is 0 Å². The third kappa shape index (κ3) is 2.07. The van der Waals surface area contributed by atoms with Gasteiger partial charge in [0.1, 0.15) is 12.7 Å². The molecule has 1 aromatic carbocycles. The fourth-order valence-corrected chi connectivity index (χ4v) is 3.55. The molecule has 0 saturated heterocycles. The number of hydrogen-bond donors (Lipinski definition) is 0. The van der Waals surface area contributed by atoms with Crippen LogP contribution >= 0.6 is 0 Å². The van der Waals surface area contributed by atoms with E-state index in [-0.39, 0.29) is 24.3 Å². The van der Waals surface area contributed by atoms with Crippen molar-refractivity contribution in [3.8, 4) is 0 Å². The van der Waals surface area contributed by atoms with Crippen molar-refractivity contribution in [1.29, 1.82) is 0 Å². The molecular weight excluding hydrogens is 304 g/mol. The smallest absolute Gasteiger partial charge is 0.325 e. The molecule has 6 heteroatoms. The van der Waals surface area contributed by atoms with E-state index in [4.69, 9.17) is 0 Å². The maximum Gasteiger partial charge on any atom is 0.325 e. The number of halogens is 2. The number of carbonyl (C=O) groups is 2. The fraction of sp³-hybridized carbons (Fsp3) is 0.529. The number of ether oxygens (including phenoxy) is 1. The van der Waals surface area contributed by atoms with Crippen LogP contribution in [0.3, 0.4) is 0 Å². The quantitative estimate of drug-likeness (QED) is 0.802. The van der Waals surface area contributed by atoms with Gasteiger partial charge in [-0.3, -0.25) is 9.59 Å². The van der Waals surface area contributed by atoms with Crippen LogP contribution in [0.2, 0.25) is 0 Å². The molecule has 0 unspecified atom stereocenters. The first-order chi connectivity index (χ1) is 10.9. The SMILES string of the molecule is COC(=O)CN1CC2(CC2)c2cc([C@]3(F)C[C@H]3F)ccc2C1=O. The zero-order chi connectivity index (χ0) is 16.4. The summed E-state index contributed by atoms with van der Waals surface area (Å²) in [5.74, 6) is -0.717. The van der Waals surface area contributed by atoms with Gasteiger partial charge in [-0.25, -0.2) is 8.78 Å². The zero-order valence-electron chi connectivity index (χ0n) is 12.8. The van der Waals surface area contributed by atoms with Gasteiger partial charge in [0.25, 0.3) is 5.91 Å². The lowest BCUT2D eigenvalue weighted by Crippen LogP contribution is -2.46. The molecule has 0 N–H and O–H groups in total. The van der Waals surface area contributed by atoms with E-state index < -0.39 is 17.8 Å². The van der Waals surface area contributed by atoms with Gasteiger partial charge in [-0.05, 0) is 30.0 Å². The van der Waals surface area contributed by atoms with Crippen LogP contribution in [0.5, 0.6) is 0 Å². The summed E-state index contributed by atoms with van der Waals surface area (Å²) in [5.41, 5.74) is -0.496. The highest BCUT2D eigenvalue weighted by Crippen LogP contribution is 2.56. The standard InChI is InChI=1S/C17H17F2NO3/c1-23-14(21)8-20-9-16(4-5-16)12-6-10(17(19)7-13(17)18)2-3-11(12)15(20)22/h2-3,6,13H,4-5,7-9H2,1H3/t13-,17-/m1/s1. The van der Waals surface area contributed by atoms with Crippen LogP contribution < -0.4 is 0 Å². The molecule has 2 fully saturated rings. The summed E-state index contributed by atoms with van der Waals surface area (Å²) in [6.45, 7) is 0.341. The zero-order valence-corrected chi connectivity index (χ0v) is 12.8. The minimum atomic E-state index is -1.89. The highest BCUT2D eigenvalue weighted by atomic mass is 19.2. The Labute approximate surface area is 132 Å². The minimum absolute atomic E-state index is 0.0854. The molecule has 1 spiro atoms. The van der Waals surface area contributed by atoms with Crippen molar-refractivity contribution in [2.24, 2.45) is 0 Å². The van der Waals surface area contributed by atoms with Crippen LogP contribution in [0, 0.1) is 0 Å². The second kappa shape index (κ2) is 4.52. The molecule has 4 rings (SSSR count). The number of amides is 1. The molecule has 1 amide bonds. The largest absolute Gasteiger partial charge is 0.468 e. The van der Waals surface area contributed by atoms with E-state index >= 15 is 0 Å². The molecule has 122 valence electrons. The number of esters is 1. The van der Waals surface area contributed by atoms with Gasteiger partial charge in [0.2, 0.25) is 0 Å². The van der Waals surface area contributed by atoms with Crippen molar-refractivity contribution in [2.75, 3.05) is 20.2 Å². The molecule has 0 bridgehead atoms.